The molecule has 1 aliphatic heterocycles. The van der Waals surface area contributed by atoms with Crippen molar-refractivity contribution in [2.45, 2.75) is 26.3 Å². The molecule has 0 aromatic carbocycles. The van der Waals surface area contributed by atoms with E-state index in [0.717, 1.165) is 26.1 Å². The molecule has 0 aromatic heterocycles. The molecular weight excluding hydrogens is 180 g/mol. The van der Waals surface area contributed by atoms with Crippen LogP contribution in [0.1, 0.15) is 20.3 Å². The van der Waals surface area contributed by atoms with Gasteiger partial charge in [-0.2, -0.15) is 0 Å². The molecule has 2 N–H and O–H groups in total. The summed E-state index contributed by atoms with van der Waals surface area (Å²) in [6.45, 7) is 6.42. The van der Waals surface area contributed by atoms with Crippen LogP contribution in [0.25, 0.3) is 0 Å². The first-order valence-corrected chi connectivity index (χ1v) is 5.02. The first-order chi connectivity index (χ1) is 6.45. The monoisotopic (exact) mass is 200 g/mol. The average Bonchev–Trinajstić information content (AvgIpc) is 2.48. The molecule has 4 nitrogen and oxygen atoms in total. The molecule has 1 saturated heterocycles. The third-order valence-electron chi connectivity index (χ3n) is 2.67. The Kier molecular flexibility index (Phi) is 3.50. The van der Waals surface area contributed by atoms with Gasteiger partial charge >= 0.3 is 5.97 Å². The number of ether oxygens (including phenoxy) is 1. The highest BCUT2D eigenvalue weighted by Crippen LogP contribution is 2.21. The second kappa shape index (κ2) is 4.28. The molecule has 1 fully saturated rings. The van der Waals surface area contributed by atoms with E-state index < -0.39 is 5.41 Å². The van der Waals surface area contributed by atoms with Crippen molar-refractivity contribution >= 4 is 5.97 Å². The van der Waals surface area contributed by atoms with Crippen molar-refractivity contribution in [3.05, 3.63) is 0 Å². The van der Waals surface area contributed by atoms with Gasteiger partial charge in [0.2, 0.25) is 0 Å². The summed E-state index contributed by atoms with van der Waals surface area (Å²) in [5.74, 6) is -0.155. The summed E-state index contributed by atoms with van der Waals surface area (Å²) in [5, 5.41) is 0. The fourth-order valence-electron chi connectivity index (χ4n) is 1.91. The maximum atomic E-state index is 11.4. The molecular formula is C10H20N2O2. The van der Waals surface area contributed by atoms with Gasteiger partial charge in [-0.1, -0.05) is 0 Å². The van der Waals surface area contributed by atoms with Crippen LogP contribution in [0, 0.1) is 5.41 Å². The summed E-state index contributed by atoms with van der Waals surface area (Å²) in [6.07, 6.45) is 1.03. The van der Waals surface area contributed by atoms with Crippen molar-refractivity contribution < 1.29 is 9.53 Å². The molecule has 0 radical (unpaired) electrons. The minimum absolute atomic E-state index is 0.155. The van der Waals surface area contributed by atoms with Crippen LogP contribution in [0.5, 0.6) is 0 Å². The molecule has 0 aromatic rings. The summed E-state index contributed by atoms with van der Waals surface area (Å²) in [5.41, 5.74) is 5.36. The van der Waals surface area contributed by atoms with Crippen LogP contribution in [0.3, 0.4) is 0 Å². The zero-order chi connectivity index (χ0) is 10.8. The number of methoxy groups -OCH3 is 1. The first-order valence-electron chi connectivity index (χ1n) is 5.02. The highest BCUT2D eigenvalue weighted by atomic mass is 16.5. The van der Waals surface area contributed by atoms with E-state index in [1.807, 2.05) is 13.8 Å². The molecule has 0 spiro atoms. The molecule has 0 bridgehead atoms. The number of nitrogens with zero attached hydrogens (tertiary/aromatic N) is 1. The molecule has 82 valence electrons. The van der Waals surface area contributed by atoms with Gasteiger partial charge in [0.1, 0.15) is 0 Å². The van der Waals surface area contributed by atoms with E-state index in [0.29, 0.717) is 0 Å². The van der Waals surface area contributed by atoms with E-state index in [1.54, 1.807) is 0 Å². The molecule has 1 atom stereocenters. The predicted molar refractivity (Wildman–Crippen MR) is 54.8 cm³/mol. The second-order valence-electron chi connectivity index (χ2n) is 4.66. The summed E-state index contributed by atoms with van der Waals surface area (Å²) in [4.78, 5) is 13.6. The first kappa shape index (κ1) is 11.5. The van der Waals surface area contributed by atoms with Crippen molar-refractivity contribution in [1.29, 1.82) is 0 Å². The smallest absolute Gasteiger partial charge is 0.312 e. The number of rotatable bonds is 3. The van der Waals surface area contributed by atoms with E-state index in [2.05, 4.69) is 4.90 Å². The molecule has 1 rings (SSSR count). The Morgan fingerprint density at radius 2 is 2.29 bits per heavy atom. The van der Waals surface area contributed by atoms with Gasteiger partial charge in [-0.15, -0.1) is 0 Å². The molecule has 1 aliphatic rings. The van der Waals surface area contributed by atoms with Crippen molar-refractivity contribution in [3.63, 3.8) is 0 Å². The normalized spacial score (nSPS) is 23.9. The third kappa shape index (κ3) is 2.69. The number of hydrogen-bond acceptors (Lipinski definition) is 4. The lowest BCUT2D eigenvalue weighted by Crippen LogP contribution is -2.39. The minimum atomic E-state index is -0.432. The number of hydrogen-bond donors (Lipinski definition) is 1. The lowest BCUT2D eigenvalue weighted by molar-refractivity contribution is -0.151. The SMILES string of the molecule is COC(=O)C(C)(C)CN1CCC(N)C1. The van der Waals surface area contributed by atoms with Gasteiger partial charge in [-0.3, -0.25) is 4.79 Å². The van der Waals surface area contributed by atoms with Crippen molar-refractivity contribution in [3.8, 4) is 0 Å². The maximum absolute atomic E-state index is 11.4. The Labute approximate surface area is 85.4 Å². The predicted octanol–water partition coefficient (Wildman–Crippen LogP) is 0.219. The number of nitrogens with two attached hydrogens (primary N) is 1. The Morgan fingerprint density at radius 1 is 1.64 bits per heavy atom. The Hall–Kier alpha value is -0.610. The Morgan fingerprint density at radius 3 is 2.71 bits per heavy atom. The number of likely N-dealkylation sites (tertiary alicyclic amines) is 1. The fourth-order valence-corrected chi connectivity index (χ4v) is 1.91. The van der Waals surface area contributed by atoms with Crippen LogP contribution in [0.4, 0.5) is 0 Å². The highest BCUT2D eigenvalue weighted by Gasteiger charge is 2.33. The van der Waals surface area contributed by atoms with Crippen LogP contribution in [-0.4, -0.2) is 43.7 Å². The number of esters is 1. The molecule has 4 heteroatoms. The maximum Gasteiger partial charge on any atom is 0.312 e. The second-order valence-corrected chi connectivity index (χ2v) is 4.66. The quantitative estimate of drug-likeness (QED) is 0.662. The molecule has 14 heavy (non-hydrogen) atoms. The fraction of sp³-hybridized carbons (Fsp3) is 0.900. The van der Waals surface area contributed by atoms with E-state index in [4.69, 9.17) is 10.5 Å². The van der Waals surface area contributed by atoms with Crippen LogP contribution in [0.2, 0.25) is 0 Å². The van der Waals surface area contributed by atoms with E-state index in [1.165, 1.54) is 7.11 Å². The van der Waals surface area contributed by atoms with Gasteiger partial charge < -0.3 is 15.4 Å². The van der Waals surface area contributed by atoms with E-state index in [9.17, 15) is 4.79 Å². The molecule has 0 saturated carbocycles. The van der Waals surface area contributed by atoms with Crippen molar-refractivity contribution in [2.24, 2.45) is 11.1 Å². The van der Waals surface area contributed by atoms with Gasteiger partial charge in [0.05, 0.1) is 12.5 Å². The summed E-state index contributed by atoms with van der Waals surface area (Å²) in [6, 6.07) is 0.267. The standard InChI is InChI=1S/C10H20N2O2/c1-10(2,9(13)14-3)7-12-5-4-8(11)6-12/h8H,4-7,11H2,1-3H3. The Balaban J connectivity index is 2.46. The van der Waals surface area contributed by atoms with Crippen molar-refractivity contribution in [1.82, 2.24) is 4.90 Å². The molecule has 1 heterocycles. The Bertz CT molecular complexity index is 216. The topological polar surface area (TPSA) is 55.6 Å². The molecule has 0 aliphatic carbocycles. The van der Waals surface area contributed by atoms with E-state index in [-0.39, 0.29) is 12.0 Å². The van der Waals surface area contributed by atoms with Crippen LogP contribution in [-0.2, 0) is 9.53 Å². The van der Waals surface area contributed by atoms with Gasteiger partial charge in [0, 0.05) is 19.1 Å². The largest absolute Gasteiger partial charge is 0.469 e. The van der Waals surface area contributed by atoms with Crippen molar-refractivity contribution in [2.75, 3.05) is 26.7 Å². The highest BCUT2D eigenvalue weighted by molar-refractivity contribution is 5.76. The van der Waals surface area contributed by atoms with E-state index >= 15 is 0 Å². The lowest BCUT2D eigenvalue weighted by Gasteiger charge is -2.27. The average molecular weight is 200 g/mol. The van der Waals surface area contributed by atoms with Crippen LogP contribution >= 0.6 is 0 Å². The summed E-state index contributed by atoms with van der Waals surface area (Å²) >= 11 is 0. The zero-order valence-electron chi connectivity index (χ0n) is 9.25. The number of carbonyl (C=O) groups excluding carboxylic acids is 1. The lowest BCUT2D eigenvalue weighted by atomic mass is 9.93. The molecule has 0 amide bonds. The van der Waals surface area contributed by atoms with Gasteiger partial charge in [0.25, 0.3) is 0 Å². The van der Waals surface area contributed by atoms with Crippen LogP contribution < -0.4 is 5.73 Å². The van der Waals surface area contributed by atoms with Crippen LogP contribution in [0.15, 0.2) is 0 Å². The molecule has 1 unspecified atom stereocenters. The minimum Gasteiger partial charge on any atom is -0.469 e. The summed E-state index contributed by atoms with van der Waals surface area (Å²) in [7, 11) is 1.43. The van der Waals surface area contributed by atoms with Gasteiger partial charge in [0.15, 0.2) is 0 Å². The summed E-state index contributed by atoms with van der Waals surface area (Å²) < 4.78 is 4.76. The van der Waals surface area contributed by atoms with Gasteiger partial charge in [-0.25, -0.2) is 0 Å². The van der Waals surface area contributed by atoms with Gasteiger partial charge in [-0.05, 0) is 26.8 Å². The third-order valence-corrected chi connectivity index (χ3v) is 2.67. The number of carbonyl (C=O) groups is 1. The zero-order valence-corrected chi connectivity index (χ0v) is 9.25.